The zero-order valence-electron chi connectivity index (χ0n) is 16.9. The number of hydrogen-bond acceptors (Lipinski definition) is 4. The quantitative estimate of drug-likeness (QED) is 0.585. The molecule has 0 atom stereocenters. The highest BCUT2D eigenvalue weighted by Gasteiger charge is 2.29. The smallest absolute Gasteiger partial charge is 0.430 e. The lowest BCUT2D eigenvalue weighted by atomic mass is 10.2. The van der Waals surface area contributed by atoms with Crippen LogP contribution in [0.5, 0.6) is 0 Å². The number of carbonyl (C=O) groups is 2. The van der Waals surface area contributed by atoms with Gasteiger partial charge in [0.2, 0.25) is 0 Å². The maximum absolute atomic E-state index is 10.5. The Morgan fingerprint density at radius 3 is 1.00 bits per heavy atom. The summed E-state index contributed by atoms with van der Waals surface area (Å²) in [4.78, 5) is 17.6. The summed E-state index contributed by atoms with van der Waals surface area (Å²) in [6.45, 7) is 1.98. The normalized spacial score (nSPS) is 10.2. The summed E-state index contributed by atoms with van der Waals surface area (Å²) in [5, 5.41) is 17.6. The fraction of sp³-hybridized carbons (Fsp3) is 0.300. The Bertz CT molecular complexity index is 689. The largest absolute Gasteiger partial charge is 0.542 e. The summed E-state index contributed by atoms with van der Waals surface area (Å²) in [5.41, 5.74) is 10.3. The first kappa shape index (κ1) is 31.1. The third-order valence-corrected chi connectivity index (χ3v) is 3.08. The Hall–Kier alpha value is -3.12. The van der Waals surface area contributed by atoms with Gasteiger partial charge in [0.05, 0.1) is 13.1 Å². The van der Waals surface area contributed by atoms with Gasteiger partial charge in [0.25, 0.3) is 0 Å². The second kappa shape index (κ2) is 16.6. The van der Waals surface area contributed by atoms with Crippen LogP contribution in [0.15, 0.2) is 60.7 Å². The van der Waals surface area contributed by atoms with Gasteiger partial charge in [0.1, 0.15) is 11.9 Å². The SMILES string of the molecule is O=C([O-])C(F)(F)F.O=C([O-])C(F)(F)F.[NH3+]CCc1ccccc1.[NH3+]CCc1ccccc1. The van der Waals surface area contributed by atoms with E-state index in [1.807, 2.05) is 12.1 Å². The van der Waals surface area contributed by atoms with Crippen molar-refractivity contribution in [2.45, 2.75) is 25.2 Å². The van der Waals surface area contributed by atoms with Crippen LogP contribution in [0.2, 0.25) is 0 Å². The summed E-state index contributed by atoms with van der Waals surface area (Å²) in [6, 6.07) is 20.8. The number of aliphatic carboxylic acids is 2. The number of benzene rings is 2. The minimum Gasteiger partial charge on any atom is -0.542 e. The number of quaternary nitrogens is 2. The van der Waals surface area contributed by atoms with E-state index < -0.39 is 24.3 Å². The van der Waals surface area contributed by atoms with Crippen LogP contribution >= 0.6 is 0 Å². The van der Waals surface area contributed by atoms with Gasteiger partial charge >= 0.3 is 12.4 Å². The predicted octanol–water partition coefficient (Wildman–Crippen LogP) is -0.461. The average Bonchev–Trinajstić information content (AvgIpc) is 2.70. The molecule has 0 heterocycles. The van der Waals surface area contributed by atoms with Gasteiger partial charge in [0, 0.05) is 12.8 Å². The van der Waals surface area contributed by atoms with Crippen molar-refractivity contribution in [3.05, 3.63) is 71.8 Å². The molecule has 0 aliphatic carbocycles. The van der Waals surface area contributed by atoms with E-state index in [4.69, 9.17) is 19.8 Å². The average molecular weight is 470 g/mol. The molecule has 0 fully saturated rings. The first-order valence-corrected chi connectivity index (χ1v) is 8.98. The van der Waals surface area contributed by atoms with Crippen molar-refractivity contribution < 1.29 is 57.6 Å². The molecule has 32 heavy (non-hydrogen) atoms. The van der Waals surface area contributed by atoms with Gasteiger partial charge in [-0.25, -0.2) is 0 Å². The number of halogens is 6. The van der Waals surface area contributed by atoms with Crippen LogP contribution in [0, 0.1) is 0 Å². The Labute approximate surface area is 180 Å². The van der Waals surface area contributed by atoms with Gasteiger partial charge < -0.3 is 31.3 Å². The van der Waals surface area contributed by atoms with Crippen molar-refractivity contribution in [2.75, 3.05) is 13.1 Å². The van der Waals surface area contributed by atoms with E-state index in [9.17, 15) is 26.3 Å². The Morgan fingerprint density at radius 1 is 0.625 bits per heavy atom. The van der Waals surface area contributed by atoms with E-state index in [-0.39, 0.29) is 0 Å². The maximum Gasteiger partial charge on any atom is 0.430 e. The number of rotatable bonds is 4. The monoisotopic (exact) mass is 470 g/mol. The lowest BCUT2D eigenvalue weighted by Gasteiger charge is -2.03. The molecule has 2 aromatic rings. The van der Waals surface area contributed by atoms with E-state index in [0.29, 0.717) is 0 Å². The standard InChI is InChI=1S/2C8H11N.2C2HF3O2/c2*9-7-6-8-4-2-1-3-5-8;2*3-2(4,5)1(6)7/h2*1-5H,6-7,9H2;2*(H,6,7). The molecule has 2 aromatic carbocycles. The molecular weight excluding hydrogens is 446 g/mol. The van der Waals surface area contributed by atoms with Crippen molar-refractivity contribution in [1.29, 1.82) is 0 Å². The van der Waals surface area contributed by atoms with Gasteiger partial charge in [-0.2, -0.15) is 26.3 Å². The highest BCUT2D eigenvalue weighted by Crippen LogP contribution is 2.12. The Balaban J connectivity index is 0. The number of hydrogen-bond donors (Lipinski definition) is 2. The van der Waals surface area contributed by atoms with Crippen LogP contribution in [0.1, 0.15) is 11.1 Å². The van der Waals surface area contributed by atoms with Gasteiger partial charge in [0.15, 0.2) is 0 Å². The zero-order valence-corrected chi connectivity index (χ0v) is 16.9. The fourth-order valence-corrected chi connectivity index (χ4v) is 1.70. The highest BCUT2D eigenvalue weighted by molar-refractivity contribution is 5.71. The first-order chi connectivity index (χ1) is 14.8. The lowest BCUT2D eigenvalue weighted by Crippen LogP contribution is -2.51. The summed E-state index contributed by atoms with van der Waals surface area (Å²) >= 11 is 0. The number of carboxylic acid groups (broad SMARTS) is 2. The Morgan fingerprint density at radius 2 is 0.844 bits per heavy atom. The third-order valence-electron chi connectivity index (χ3n) is 3.08. The molecule has 0 saturated heterocycles. The van der Waals surface area contributed by atoms with Gasteiger partial charge in [-0.1, -0.05) is 60.7 Å². The third kappa shape index (κ3) is 18.9. The predicted molar refractivity (Wildman–Crippen MR) is 97.9 cm³/mol. The van der Waals surface area contributed by atoms with Crippen LogP contribution in [0.3, 0.4) is 0 Å². The van der Waals surface area contributed by atoms with E-state index in [1.165, 1.54) is 11.1 Å². The molecule has 6 nitrogen and oxygen atoms in total. The second-order valence-electron chi connectivity index (χ2n) is 5.75. The topological polar surface area (TPSA) is 136 Å². The van der Waals surface area contributed by atoms with Crippen molar-refractivity contribution in [2.24, 2.45) is 0 Å². The highest BCUT2D eigenvalue weighted by atomic mass is 19.4. The lowest BCUT2D eigenvalue weighted by molar-refractivity contribution is -0.367. The molecule has 2 rings (SSSR count). The van der Waals surface area contributed by atoms with Gasteiger partial charge in [-0.05, 0) is 11.1 Å². The molecule has 0 spiro atoms. The van der Waals surface area contributed by atoms with Gasteiger partial charge in [-0.3, -0.25) is 0 Å². The summed E-state index contributed by atoms with van der Waals surface area (Å²) in [5.74, 6) is -6.01. The zero-order chi connectivity index (χ0) is 25.2. The van der Waals surface area contributed by atoms with E-state index in [2.05, 4.69) is 60.0 Å². The Kier molecular flexibility index (Phi) is 16.1. The van der Waals surface area contributed by atoms with E-state index in [1.54, 1.807) is 0 Å². The summed E-state index contributed by atoms with van der Waals surface area (Å²) in [6.07, 6.45) is -8.19. The fourth-order valence-electron chi connectivity index (χ4n) is 1.70. The maximum atomic E-state index is 10.5. The van der Waals surface area contributed by atoms with Gasteiger partial charge in [-0.15, -0.1) is 0 Å². The summed E-state index contributed by atoms with van der Waals surface area (Å²) in [7, 11) is 0. The van der Waals surface area contributed by atoms with Crippen molar-refractivity contribution in [3.63, 3.8) is 0 Å². The molecule has 0 aliphatic rings. The molecule has 0 amide bonds. The molecule has 0 saturated carbocycles. The van der Waals surface area contributed by atoms with Crippen molar-refractivity contribution in [1.82, 2.24) is 0 Å². The number of alkyl halides is 6. The van der Waals surface area contributed by atoms with Crippen LogP contribution in [-0.2, 0) is 22.4 Å². The second-order valence-corrected chi connectivity index (χ2v) is 5.75. The van der Waals surface area contributed by atoms with Crippen molar-refractivity contribution in [3.8, 4) is 0 Å². The van der Waals surface area contributed by atoms with E-state index in [0.717, 1.165) is 25.9 Å². The van der Waals surface area contributed by atoms with E-state index >= 15 is 0 Å². The number of carboxylic acids is 2. The van der Waals surface area contributed by atoms with Crippen molar-refractivity contribution >= 4 is 11.9 Å². The molecule has 0 unspecified atom stereocenters. The molecule has 0 radical (unpaired) electrons. The summed E-state index contributed by atoms with van der Waals surface area (Å²) < 4.78 is 63.1. The van der Waals surface area contributed by atoms with Crippen LogP contribution in [0.4, 0.5) is 26.3 Å². The minimum absolute atomic E-state index is 0.990. The first-order valence-electron chi connectivity index (χ1n) is 8.98. The van der Waals surface area contributed by atoms with Crippen LogP contribution in [-0.4, -0.2) is 37.4 Å². The molecule has 12 heteroatoms. The van der Waals surface area contributed by atoms with Crippen LogP contribution in [0.25, 0.3) is 0 Å². The molecule has 0 aromatic heterocycles. The molecule has 180 valence electrons. The van der Waals surface area contributed by atoms with Crippen LogP contribution < -0.4 is 21.7 Å². The molecule has 0 bridgehead atoms. The minimum atomic E-state index is -5.19. The molecular formula is C20H24F6N2O4. The molecule has 0 aliphatic heterocycles. The molecule has 6 N–H and O–H groups in total. The number of carbonyl (C=O) groups excluding carboxylic acids is 2.